The lowest BCUT2D eigenvalue weighted by molar-refractivity contribution is -0.159. The summed E-state index contributed by atoms with van der Waals surface area (Å²) in [5.74, 6) is -0.248. The van der Waals surface area contributed by atoms with Crippen LogP contribution in [0.3, 0.4) is 0 Å². The van der Waals surface area contributed by atoms with Crippen molar-refractivity contribution in [1.29, 1.82) is 0 Å². The Morgan fingerprint density at radius 2 is 2.00 bits per heavy atom. The van der Waals surface area contributed by atoms with Crippen molar-refractivity contribution < 1.29 is 9.53 Å². The van der Waals surface area contributed by atoms with Gasteiger partial charge in [0.1, 0.15) is 5.60 Å². The molecule has 0 radical (unpaired) electrons. The molecule has 0 saturated heterocycles. The molecule has 0 rings (SSSR count). The summed E-state index contributed by atoms with van der Waals surface area (Å²) in [6.07, 6.45) is 0.689. The van der Waals surface area contributed by atoms with Gasteiger partial charge in [0, 0.05) is 0 Å². The number of nitrogens with two attached hydrogens (primary N) is 1. The van der Waals surface area contributed by atoms with Crippen LogP contribution in [-0.4, -0.2) is 18.1 Å². The highest BCUT2D eigenvalue weighted by molar-refractivity contribution is 5.72. The molecule has 0 aliphatic heterocycles. The standard InChI is InChI=1S/C9H19NO2/c1-7(5-6-10)8(11)12-9(2,3)4/h7H,5-6,10H2,1-4H3/t7-/m1/s1. The van der Waals surface area contributed by atoms with Crippen LogP contribution in [0.1, 0.15) is 34.1 Å². The SMILES string of the molecule is C[C@H](CCN)C(=O)OC(C)(C)C. The number of carbonyl (C=O) groups is 1. The van der Waals surface area contributed by atoms with Gasteiger partial charge in [-0.3, -0.25) is 4.79 Å². The monoisotopic (exact) mass is 173 g/mol. The van der Waals surface area contributed by atoms with Crippen molar-refractivity contribution in [2.75, 3.05) is 6.54 Å². The van der Waals surface area contributed by atoms with Gasteiger partial charge < -0.3 is 10.5 Å². The van der Waals surface area contributed by atoms with Gasteiger partial charge in [-0.1, -0.05) is 6.92 Å². The first kappa shape index (κ1) is 11.4. The smallest absolute Gasteiger partial charge is 0.309 e. The Labute approximate surface area is 74.3 Å². The average Bonchev–Trinajstić information content (AvgIpc) is 1.84. The molecule has 0 spiro atoms. The molecule has 1 atom stereocenters. The number of esters is 1. The van der Waals surface area contributed by atoms with Crippen LogP contribution in [0.25, 0.3) is 0 Å². The number of ether oxygens (including phenoxy) is 1. The van der Waals surface area contributed by atoms with E-state index in [4.69, 9.17) is 10.5 Å². The minimum Gasteiger partial charge on any atom is -0.460 e. The second-order valence-electron chi connectivity index (χ2n) is 4.01. The number of hydrogen-bond acceptors (Lipinski definition) is 3. The third kappa shape index (κ3) is 5.13. The summed E-state index contributed by atoms with van der Waals surface area (Å²) in [6, 6.07) is 0. The highest BCUT2D eigenvalue weighted by atomic mass is 16.6. The van der Waals surface area contributed by atoms with Crippen molar-refractivity contribution in [1.82, 2.24) is 0 Å². The summed E-state index contributed by atoms with van der Waals surface area (Å²) in [6.45, 7) is 7.95. The molecule has 0 aliphatic carbocycles. The average molecular weight is 173 g/mol. The number of hydrogen-bond donors (Lipinski definition) is 1. The van der Waals surface area contributed by atoms with Gasteiger partial charge in [-0.05, 0) is 33.7 Å². The maximum absolute atomic E-state index is 11.3. The van der Waals surface area contributed by atoms with Gasteiger partial charge in [-0.2, -0.15) is 0 Å². The zero-order chi connectivity index (χ0) is 9.78. The van der Waals surface area contributed by atoms with Gasteiger partial charge in [0.15, 0.2) is 0 Å². The van der Waals surface area contributed by atoms with Crippen LogP contribution in [0.4, 0.5) is 0 Å². The normalized spacial score (nSPS) is 14.1. The Hall–Kier alpha value is -0.570. The number of carbonyl (C=O) groups excluding carboxylic acids is 1. The van der Waals surface area contributed by atoms with Crippen molar-refractivity contribution in [2.24, 2.45) is 11.7 Å². The minimum absolute atomic E-state index is 0.0887. The Morgan fingerprint density at radius 3 is 2.33 bits per heavy atom. The molecule has 0 bridgehead atoms. The Morgan fingerprint density at radius 1 is 1.50 bits per heavy atom. The molecular weight excluding hydrogens is 154 g/mol. The summed E-state index contributed by atoms with van der Waals surface area (Å²) in [5, 5.41) is 0. The zero-order valence-corrected chi connectivity index (χ0v) is 8.39. The fourth-order valence-electron chi connectivity index (χ4n) is 0.770. The van der Waals surface area contributed by atoms with Gasteiger partial charge >= 0.3 is 5.97 Å². The molecule has 0 aromatic carbocycles. The van der Waals surface area contributed by atoms with Gasteiger partial charge in [0.25, 0.3) is 0 Å². The van der Waals surface area contributed by atoms with E-state index in [1.54, 1.807) is 0 Å². The van der Waals surface area contributed by atoms with Gasteiger partial charge in [0.05, 0.1) is 5.92 Å². The van der Waals surface area contributed by atoms with E-state index >= 15 is 0 Å². The van der Waals surface area contributed by atoms with Crippen LogP contribution in [0.5, 0.6) is 0 Å². The van der Waals surface area contributed by atoms with E-state index in [1.807, 2.05) is 27.7 Å². The van der Waals surface area contributed by atoms with E-state index in [-0.39, 0.29) is 17.5 Å². The van der Waals surface area contributed by atoms with E-state index in [2.05, 4.69) is 0 Å². The summed E-state index contributed by atoms with van der Waals surface area (Å²) >= 11 is 0. The zero-order valence-electron chi connectivity index (χ0n) is 8.39. The highest BCUT2D eigenvalue weighted by Gasteiger charge is 2.20. The fraction of sp³-hybridized carbons (Fsp3) is 0.889. The molecule has 0 aliphatic rings. The lowest BCUT2D eigenvalue weighted by Gasteiger charge is -2.21. The molecule has 0 fully saturated rings. The maximum atomic E-state index is 11.3. The Kier molecular flexibility index (Phi) is 4.24. The molecule has 0 aromatic heterocycles. The van der Waals surface area contributed by atoms with Crippen molar-refractivity contribution in [3.8, 4) is 0 Å². The molecule has 0 heterocycles. The molecule has 0 aromatic rings. The predicted octanol–water partition coefficient (Wildman–Crippen LogP) is 1.31. The van der Waals surface area contributed by atoms with E-state index in [0.29, 0.717) is 13.0 Å². The lowest BCUT2D eigenvalue weighted by atomic mass is 10.1. The topological polar surface area (TPSA) is 52.3 Å². The molecule has 72 valence electrons. The number of rotatable bonds is 3. The molecule has 3 heteroatoms. The first-order valence-electron chi connectivity index (χ1n) is 4.29. The second kappa shape index (κ2) is 4.45. The first-order valence-corrected chi connectivity index (χ1v) is 4.29. The predicted molar refractivity (Wildman–Crippen MR) is 48.7 cm³/mol. The summed E-state index contributed by atoms with van der Waals surface area (Å²) < 4.78 is 5.16. The van der Waals surface area contributed by atoms with Crippen molar-refractivity contribution in [2.45, 2.75) is 39.7 Å². The molecule has 2 N–H and O–H groups in total. The summed E-state index contributed by atoms with van der Waals surface area (Å²) in [4.78, 5) is 11.3. The third-order valence-corrected chi connectivity index (χ3v) is 1.41. The van der Waals surface area contributed by atoms with Crippen molar-refractivity contribution in [3.05, 3.63) is 0 Å². The van der Waals surface area contributed by atoms with Gasteiger partial charge in [-0.25, -0.2) is 0 Å². The van der Waals surface area contributed by atoms with Crippen LogP contribution in [-0.2, 0) is 9.53 Å². The largest absolute Gasteiger partial charge is 0.460 e. The molecule has 0 amide bonds. The van der Waals surface area contributed by atoms with Gasteiger partial charge in [0.2, 0.25) is 0 Å². The maximum Gasteiger partial charge on any atom is 0.309 e. The summed E-state index contributed by atoms with van der Waals surface area (Å²) in [7, 11) is 0. The first-order chi connectivity index (χ1) is 5.37. The van der Waals surface area contributed by atoms with Crippen molar-refractivity contribution in [3.63, 3.8) is 0 Å². The Bertz CT molecular complexity index is 149. The second-order valence-corrected chi connectivity index (χ2v) is 4.01. The fourth-order valence-corrected chi connectivity index (χ4v) is 0.770. The van der Waals surface area contributed by atoms with E-state index in [1.165, 1.54) is 0 Å². The molecule has 12 heavy (non-hydrogen) atoms. The van der Waals surface area contributed by atoms with E-state index in [0.717, 1.165) is 0 Å². The molecule has 3 nitrogen and oxygen atoms in total. The van der Waals surface area contributed by atoms with Crippen LogP contribution in [0, 0.1) is 5.92 Å². The van der Waals surface area contributed by atoms with Crippen molar-refractivity contribution >= 4 is 5.97 Å². The van der Waals surface area contributed by atoms with E-state index in [9.17, 15) is 4.79 Å². The molecular formula is C9H19NO2. The highest BCUT2D eigenvalue weighted by Crippen LogP contribution is 2.12. The van der Waals surface area contributed by atoms with Crippen LogP contribution in [0.15, 0.2) is 0 Å². The van der Waals surface area contributed by atoms with Crippen LogP contribution >= 0.6 is 0 Å². The van der Waals surface area contributed by atoms with E-state index < -0.39 is 0 Å². The Balaban J connectivity index is 3.87. The lowest BCUT2D eigenvalue weighted by Crippen LogP contribution is -2.28. The van der Waals surface area contributed by atoms with Crippen LogP contribution in [0.2, 0.25) is 0 Å². The molecule has 0 saturated carbocycles. The minimum atomic E-state index is -0.389. The quantitative estimate of drug-likeness (QED) is 0.655. The van der Waals surface area contributed by atoms with Crippen LogP contribution < -0.4 is 5.73 Å². The summed E-state index contributed by atoms with van der Waals surface area (Å²) in [5.41, 5.74) is 4.93. The van der Waals surface area contributed by atoms with Gasteiger partial charge in [-0.15, -0.1) is 0 Å². The third-order valence-electron chi connectivity index (χ3n) is 1.41. The molecule has 0 unspecified atom stereocenters.